The minimum atomic E-state index is 0.306. The predicted molar refractivity (Wildman–Crippen MR) is 103 cm³/mol. The Balaban J connectivity index is 1.42. The molecule has 2 atom stereocenters. The predicted octanol–water partition coefficient (Wildman–Crippen LogP) is 1.86. The minimum Gasteiger partial charge on any atom is -0.379 e. The molecule has 0 aromatic carbocycles. The molecule has 0 radical (unpaired) electrons. The maximum absolute atomic E-state index is 5.77. The zero-order valence-corrected chi connectivity index (χ0v) is 16.3. The molecule has 2 rings (SSSR count). The van der Waals surface area contributed by atoms with Crippen molar-refractivity contribution in [2.24, 2.45) is 10.9 Å². The standard InChI is InChI=1S/C19H38N4O2/c1-17-7-5-12-23(15-17)11-4-3-9-21-19(20-2)22-10-6-13-25-18-8-14-24-16-18/h17-18H,3-16H2,1-2H3,(H2,20,21,22). The maximum atomic E-state index is 5.77. The van der Waals surface area contributed by atoms with Crippen LogP contribution in [0.5, 0.6) is 0 Å². The summed E-state index contributed by atoms with van der Waals surface area (Å²) in [6.45, 7) is 10.4. The number of rotatable bonds is 10. The molecule has 2 aliphatic rings. The molecule has 0 aromatic rings. The number of nitrogens with one attached hydrogen (secondary N) is 2. The highest BCUT2D eigenvalue weighted by molar-refractivity contribution is 5.79. The van der Waals surface area contributed by atoms with E-state index in [0.29, 0.717) is 6.10 Å². The molecule has 2 fully saturated rings. The van der Waals surface area contributed by atoms with Crippen molar-refractivity contribution in [2.75, 3.05) is 59.6 Å². The molecule has 2 aliphatic heterocycles. The Morgan fingerprint density at radius 3 is 2.76 bits per heavy atom. The Labute approximate surface area is 153 Å². The van der Waals surface area contributed by atoms with E-state index in [-0.39, 0.29) is 0 Å². The van der Waals surface area contributed by atoms with Gasteiger partial charge in [0.05, 0.1) is 12.7 Å². The van der Waals surface area contributed by atoms with Gasteiger partial charge >= 0.3 is 0 Å². The summed E-state index contributed by atoms with van der Waals surface area (Å²) in [7, 11) is 1.83. The Morgan fingerprint density at radius 1 is 1.20 bits per heavy atom. The molecule has 0 spiro atoms. The van der Waals surface area contributed by atoms with Gasteiger partial charge in [-0.1, -0.05) is 6.92 Å². The number of nitrogens with zero attached hydrogens (tertiary/aromatic N) is 2. The molecule has 0 saturated carbocycles. The van der Waals surface area contributed by atoms with E-state index in [2.05, 4.69) is 27.4 Å². The Morgan fingerprint density at radius 2 is 2.04 bits per heavy atom. The van der Waals surface area contributed by atoms with Gasteiger partial charge in [-0.2, -0.15) is 0 Å². The molecule has 0 aliphatic carbocycles. The third-order valence-electron chi connectivity index (χ3n) is 5.01. The quantitative estimate of drug-likeness (QED) is 0.356. The van der Waals surface area contributed by atoms with Crippen LogP contribution < -0.4 is 10.6 Å². The number of aliphatic imine (C=N–C) groups is 1. The average molecular weight is 355 g/mol. The van der Waals surface area contributed by atoms with Crippen LogP contribution in [0.2, 0.25) is 0 Å². The van der Waals surface area contributed by atoms with Crippen LogP contribution in [-0.2, 0) is 9.47 Å². The molecule has 2 saturated heterocycles. The molecule has 2 heterocycles. The molecule has 0 amide bonds. The van der Waals surface area contributed by atoms with E-state index in [1.807, 2.05) is 7.05 Å². The first-order valence-corrected chi connectivity index (χ1v) is 10.1. The number of hydrogen-bond donors (Lipinski definition) is 2. The summed E-state index contributed by atoms with van der Waals surface area (Å²) < 4.78 is 11.1. The van der Waals surface area contributed by atoms with Gasteiger partial charge in [-0.15, -0.1) is 0 Å². The van der Waals surface area contributed by atoms with Crippen LogP contribution >= 0.6 is 0 Å². The zero-order valence-electron chi connectivity index (χ0n) is 16.3. The van der Waals surface area contributed by atoms with Crippen molar-refractivity contribution in [3.05, 3.63) is 0 Å². The Kier molecular flexibility index (Phi) is 10.2. The number of piperidine rings is 1. The first-order valence-electron chi connectivity index (χ1n) is 10.1. The van der Waals surface area contributed by atoms with Crippen LogP contribution in [0.3, 0.4) is 0 Å². The minimum absolute atomic E-state index is 0.306. The second-order valence-corrected chi connectivity index (χ2v) is 7.39. The van der Waals surface area contributed by atoms with Crippen LogP contribution in [0.4, 0.5) is 0 Å². The van der Waals surface area contributed by atoms with Gasteiger partial charge < -0.3 is 25.0 Å². The first kappa shape index (κ1) is 20.5. The van der Waals surface area contributed by atoms with Crippen molar-refractivity contribution in [3.63, 3.8) is 0 Å². The van der Waals surface area contributed by atoms with E-state index in [1.165, 1.54) is 45.3 Å². The Bertz CT molecular complexity index is 372. The number of hydrogen-bond acceptors (Lipinski definition) is 4. The van der Waals surface area contributed by atoms with E-state index in [1.54, 1.807) is 0 Å². The van der Waals surface area contributed by atoms with Gasteiger partial charge in [-0.05, 0) is 57.5 Å². The maximum Gasteiger partial charge on any atom is 0.190 e. The molecule has 6 nitrogen and oxygen atoms in total. The summed E-state index contributed by atoms with van der Waals surface area (Å²) in [6.07, 6.45) is 7.55. The van der Waals surface area contributed by atoms with Crippen molar-refractivity contribution in [1.82, 2.24) is 15.5 Å². The summed E-state index contributed by atoms with van der Waals surface area (Å²) in [6, 6.07) is 0. The summed E-state index contributed by atoms with van der Waals surface area (Å²) in [5.41, 5.74) is 0. The highest BCUT2D eigenvalue weighted by Crippen LogP contribution is 2.15. The molecule has 0 aromatic heterocycles. The van der Waals surface area contributed by atoms with Crippen LogP contribution in [0, 0.1) is 5.92 Å². The third kappa shape index (κ3) is 8.88. The fourth-order valence-corrected chi connectivity index (χ4v) is 3.55. The van der Waals surface area contributed by atoms with E-state index in [0.717, 1.165) is 57.6 Å². The number of likely N-dealkylation sites (tertiary alicyclic amines) is 1. The lowest BCUT2D eigenvalue weighted by molar-refractivity contribution is 0.0420. The Hall–Kier alpha value is -0.850. The number of guanidine groups is 1. The smallest absolute Gasteiger partial charge is 0.190 e. The van der Waals surface area contributed by atoms with E-state index >= 15 is 0 Å². The normalized spacial score (nSPS) is 25.3. The van der Waals surface area contributed by atoms with Crippen molar-refractivity contribution in [2.45, 2.75) is 51.6 Å². The van der Waals surface area contributed by atoms with Gasteiger partial charge in [0.25, 0.3) is 0 Å². The van der Waals surface area contributed by atoms with Crippen LogP contribution in [0.15, 0.2) is 4.99 Å². The average Bonchev–Trinajstić information content (AvgIpc) is 3.13. The number of unbranched alkanes of at least 4 members (excludes halogenated alkanes) is 1. The lowest BCUT2D eigenvalue weighted by atomic mass is 10.0. The third-order valence-corrected chi connectivity index (χ3v) is 5.01. The molecular weight excluding hydrogens is 316 g/mol. The van der Waals surface area contributed by atoms with E-state index in [4.69, 9.17) is 9.47 Å². The second-order valence-electron chi connectivity index (χ2n) is 7.39. The van der Waals surface area contributed by atoms with Gasteiger partial charge in [0, 0.05) is 39.9 Å². The highest BCUT2D eigenvalue weighted by Gasteiger charge is 2.16. The van der Waals surface area contributed by atoms with Crippen LogP contribution in [0.1, 0.15) is 45.4 Å². The van der Waals surface area contributed by atoms with Crippen molar-refractivity contribution in [3.8, 4) is 0 Å². The van der Waals surface area contributed by atoms with Gasteiger partial charge in [0.15, 0.2) is 5.96 Å². The van der Waals surface area contributed by atoms with Crippen molar-refractivity contribution in [1.29, 1.82) is 0 Å². The molecule has 25 heavy (non-hydrogen) atoms. The molecule has 6 heteroatoms. The monoisotopic (exact) mass is 354 g/mol. The van der Waals surface area contributed by atoms with Crippen LogP contribution in [-0.4, -0.2) is 76.6 Å². The largest absolute Gasteiger partial charge is 0.379 e. The van der Waals surface area contributed by atoms with Gasteiger partial charge in [-0.25, -0.2) is 0 Å². The summed E-state index contributed by atoms with van der Waals surface area (Å²) in [5, 5.41) is 6.77. The zero-order chi connectivity index (χ0) is 17.7. The fraction of sp³-hybridized carbons (Fsp3) is 0.947. The topological polar surface area (TPSA) is 58.1 Å². The molecule has 2 unspecified atom stereocenters. The van der Waals surface area contributed by atoms with Crippen molar-refractivity contribution >= 4 is 5.96 Å². The lowest BCUT2D eigenvalue weighted by Gasteiger charge is -2.30. The van der Waals surface area contributed by atoms with Gasteiger partial charge in [-0.3, -0.25) is 4.99 Å². The van der Waals surface area contributed by atoms with Gasteiger partial charge in [0.1, 0.15) is 0 Å². The fourth-order valence-electron chi connectivity index (χ4n) is 3.55. The van der Waals surface area contributed by atoms with Crippen LogP contribution in [0.25, 0.3) is 0 Å². The summed E-state index contributed by atoms with van der Waals surface area (Å²) in [5.74, 6) is 1.77. The number of ether oxygens (including phenoxy) is 2. The highest BCUT2D eigenvalue weighted by atomic mass is 16.5. The molecular formula is C19H38N4O2. The molecule has 2 N–H and O–H groups in total. The lowest BCUT2D eigenvalue weighted by Crippen LogP contribution is -2.39. The molecule has 0 bridgehead atoms. The second kappa shape index (κ2) is 12.5. The van der Waals surface area contributed by atoms with Gasteiger partial charge in [0.2, 0.25) is 0 Å². The van der Waals surface area contributed by atoms with Crippen molar-refractivity contribution < 1.29 is 9.47 Å². The SMILES string of the molecule is CN=C(NCCCCN1CCCC(C)C1)NCCCOC1CCOC1. The molecule has 146 valence electrons. The van der Waals surface area contributed by atoms with E-state index in [9.17, 15) is 0 Å². The van der Waals surface area contributed by atoms with E-state index < -0.39 is 0 Å². The summed E-state index contributed by atoms with van der Waals surface area (Å²) in [4.78, 5) is 6.91. The first-order chi connectivity index (χ1) is 12.3. The summed E-state index contributed by atoms with van der Waals surface area (Å²) >= 11 is 0.